The van der Waals surface area contributed by atoms with Gasteiger partial charge >= 0.3 is 5.97 Å². The summed E-state index contributed by atoms with van der Waals surface area (Å²) in [6, 6.07) is 9.09. The Morgan fingerprint density at radius 3 is 2.17 bits per heavy atom. The van der Waals surface area contributed by atoms with Crippen molar-refractivity contribution < 1.29 is 9.90 Å². The number of nitrogens with zero attached hydrogens (tertiary/aromatic N) is 3. The lowest BCUT2D eigenvalue weighted by Gasteiger charge is -2.54. The van der Waals surface area contributed by atoms with Crippen LogP contribution in [0.2, 0.25) is 0 Å². The molecule has 4 bridgehead atoms. The van der Waals surface area contributed by atoms with Gasteiger partial charge in [0.2, 0.25) is 0 Å². The molecule has 186 valence electrons. The van der Waals surface area contributed by atoms with Gasteiger partial charge in [0.15, 0.2) is 11.4 Å². The first-order valence-corrected chi connectivity index (χ1v) is 13.6. The van der Waals surface area contributed by atoms with Crippen molar-refractivity contribution in [3.8, 4) is 0 Å². The van der Waals surface area contributed by atoms with Crippen molar-refractivity contribution in [3.63, 3.8) is 0 Å². The molecule has 7 nitrogen and oxygen atoms in total. The molecule has 2 saturated heterocycles. The second-order valence-electron chi connectivity index (χ2n) is 11.5. The number of piperidine rings is 2. The number of fused-ring (bicyclic) bond motifs is 5. The monoisotopic (exact) mass is 476 g/mol. The number of benzene rings is 1. The lowest BCUT2D eigenvalue weighted by Crippen LogP contribution is -2.58. The van der Waals surface area contributed by atoms with Crippen molar-refractivity contribution in [2.75, 3.05) is 0 Å². The van der Waals surface area contributed by atoms with Gasteiger partial charge in [0.1, 0.15) is 0 Å². The van der Waals surface area contributed by atoms with Crippen LogP contribution in [0.1, 0.15) is 88.8 Å². The van der Waals surface area contributed by atoms with Crippen LogP contribution in [0.4, 0.5) is 0 Å². The van der Waals surface area contributed by atoms with Gasteiger partial charge in [-0.15, -0.1) is 0 Å². The Morgan fingerprint density at radius 1 is 0.857 bits per heavy atom. The smallest absolute Gasteiger partial charge is 0.356 e. The van der Waals surface area contributed by atoms with Crippen molar-refractivity contribution in [3.05, 3.63) is 40.3 Å². The van der Waals surface area contributed by atoms with Crippen LogP contribution in [-0.2, 0) is 4.79 Å². The van der Waals surface area contributed by atoms with E-state index in [4.69, 9.17) is 5.41 Å². The van der Waals surface area contributed by atoms with E-state index < -0.39 is 17.2 Å². The molecule has 7 heteroatoms. The topological polar surface area (TPSA) is 99.3 Å². The molecule has 4 fully saturated rings. The van der Waals surface area contributed by atoms with Gasteiger partial charge in [-0.2, -0.15) is 0 Å². The molecule has 6 rings (SSSR count). The Labute approximate surface area is 206 Å². The summed E-state index contributed by atoms with van der Waals surface area (Å²) < 4.78 is 1.79. The van der Waals surface area contributed by atoms with Gasteiger partial charge in [0.25, 0.3) is 5.56 Å². The first-order valence-electron chi connectivity index (χ1n) is 13.6. The van der Waals surface area contributed by atoms with Gasteiger partial charge in [0, 0.05) is 24.2 Å². The SMILES string of the molecule is N=C(C(=O)O)c1nc2ccccc2n(C2C[C@H]3CCC[C@@H](C2)N3C2CC3CCCCC(C3)C2)c1=O. The summed E-state index contributed by atoms with van der Waals surface area (Å²) in [4.78, 5) is 32.3. The summed E-state index contributed by atoms with van der Waals surface area (Å²) in [5.41, 5.74) is -0.0786. The van der Waals surface area contributed by atoms with Gasteiger partial charge in [-0.1, -0.05) is 44.2 Å². The quantitative estimate of drug-likeness (QED) is 0.620. The minimum Gasteiger partial charge on any atom is -0.476 e. The van der Waals surface area contributed by atoms with Crippen molar-refractivity contribution in [1.29, 1.82) is 5.41 Å². The van der Waals surface area contributed by atoms with Gasteiger partial charge in [0.05, 0.1) is 11.0 Å². The molecule has 1 aromatic carbocycles. The molecular weight excluding hydrogens is 440 g/mol. The fraction of sp³-hybridized carbons (Fsp3) is 0.643. The van der Waals surface area contributed by atoms with E-state index in [2.05, 4.69) is 9.88 Å². The third kappa shape index (κ3) is 4.11. The van der Waals surface area contributed by atoms with Gasteiger partial charge in [-0.3, -0.25) is 15.1 Å². The molecule has 0 radical (unpaired) electrons. The van der Waals surface area contributed by atoms with Crippen LogP contribution in [0.3, 0.4) is 0 Å². The molecule has 2 saturated carbocycles. The minimum absolute atomic E-state index is 0.00756. The molecule has 3 heterocycles. The summed E-state index contributed by atoms with van der Waals surface area (Å²) in [6.07, 6.45) is 15.1. The largest absolute Gasteiger partial charge is 0.476 e. The third-order valence-corrected chi connectivity index (χ3v) is 9.39. The minimum atomic E-state index is -1.41. The van der Waals surface area contributed by atoms with Crippen LogP contribution in [-0.4, -0.2) is 49.4 Å². The molecule has 0 amide bonds. The maximum atomic E-state index is 13.6. The first-order chi connectivity index (χ1) is 17.0. The Kier molecular flexibility index (Phi) is 5.99. The Bertz CT molecular complexity index is 1180. The second kappa shape index (κ2) is 9.16. The summed E-state index contributed by atoms with van der Waals surface area (Å²) in [7, 11) is 0. The number of hydrogen-bond donors (Lipinski definition) is 2. The van der Waals surface area contributed by atoms with Crippen molar-refractivity contribution >= 4 is 22.7 Å². The maximum Gasteiger partial charge on any atom is 0.356 e. The van der Waals surface area contributed by atoms with Crippen LogP contribution in [0.15, 0.2) is 29.1 Å². The number of para-hydroxylation sites is 2. The Morgan fingerprint density at radius 2 is 1.51 bits per heavy atom. The third-order valence-electron chi connectivity index (χ3n) is 9.39. The van der Waals surface area contributed by atoms with Crippen LogP contribution in [0, 0.1) is 17.2 Å². The highest BCUT2D eigenvalue weighted by Gasteiger charge is 2.45. The summed E-state index contributed by atoms with van der Waals surface area (Å²) in [6.45, 7) is 0. The zero-order valence-corrected chi connectivity index (χ0v) is 20.4. The molecule has 1 aromatic heterocycles. The van der Waals surface area contributed by atoms with Crippen molar-refractivity contribution in [2.45, 2.75) is 101 Å². The number of rotatable bonds is 4. The predicted molar refractivity (Wildman–Crippen MR) is 135 cm³/mol. The highest BCUT2D eigenvalue weighted by molar-refractivity contribution is 6.40. The van der Waals surface area contributed by atoms with E-state index in [-0.39, 0.29) is 11.7 Å². The number of aromatic nitrogens is 2. The van der Waals surface area contributed by atoms with Crippen molar-refractivity contribution in [1.82, 2.24) is 14.5 Å². The fourth-order valence-corrected chi connectivity index (χ4v) is 8.09. The van der Waals surface area contributed by atoms with Crippen LogP contribution >= 0.6 is 0 Å². The van der Waals surface area contributed by atoms with Gasteiger partial charge < -0.3 is 9.67 Å². The van der Waals surface area contributed by atoms with Gasteiger partial charge in [-0.25, -0.2) is 9.78 Å². The summed E-state index contributed by atoms with van der Waals surface area (Å²) in [5, 5.41) is 17.4. The van der Waals surface area contributed by atoms with Gasteiger partial charge in [-0.05, 0) is 68.9 Å². The standard InChI is InChI=1S/C28H36N4O3/c29-25(28(34)35)26-27(33)32(24-11-4-3-10-23(24)30-26)22-15-19-8-5-9-20(16-22)31(19)21-13-17-6-1-2-7-18(12-17)14-21/h3-4,10-11,17-22,29H,1-2,5-9,12-16H2,(H,34,35)/t17?,18?,19-,20+,21?,22?. The number of carboxylic acids is 1. The van der Waals surface area contributed by atoms with E-state index >= 15 is 0 Å². The van der Waals surface area contributed by atoms with Crippen LogP contribution in [0.5, 0.6) is 0 Å². The van der Waals surface area contributed by atoms with E-state index in [0.29, 0.717) is 23.6 Å². The molecule has 5 atom stereocenters. The normalized spacial score (nSPS) is 33.3. The van der Waals surface area contributed by atoms with Crippen molar-refractivity contribution in [2.24, 2.45) is 11.8 Å². The summed E-state index contributed by atoms with van der Waals surface area (Å²) in [5.74, 6) is 0.356. The molecule has 2 aliphatic heterocycles. The molecule has 3 unspecified atom stereocenters. The lowest BCUT2D eigenvalue weighted by atomic mass is 9.73. The molecule has 2 aromatic rings. The average molecular weight is 477 g/mol. The second-order valence-corrected chi connectivity index (χ2v) is 11.5. The number of aliphatic carboxylic acids is 1. The Hall–Kier alpha value is -2.54. The summed E-state index contributed by atoms with van der Waals surface area (Å²) >= 11 is 0. The van der Waals surface area contributed by atoms with E-state index in [0.717, 1.165) is 30.2 Å². The van der Waals surface area contributed by atoms with E-state index in [1.165, 1.54) is 64.2 Å². The number of carbonyl (C=O) groups is 1. The van der Waals surface area contributed by atoms with E-state index in [9.17, 15) is 14.7 Å². The number of nitrogens with one attached hydrogen (secondary N) is 1. The molecule has 2 N–H and O–H groups in total. The van der Waals surface area contributed by atoms with E-state index in [1.807, 2.05) is 24.3 Å². The number of carboxylic acid groups (broad SMARTS) is 1. The highest BCUT2D eigenvalue weighted by atomic mass is 16.4. The first kappa shape index (κ1) is 22.9. The van der Waals surface area contributed by atoms with Crippen LogP contribution in [0.25, 0.3) is 11.0 Å². The molecule has 2 aliphatic carbocycles. The van der Waals surface area contributed by atoms with Crippen LogP contribution < -0.4 is 5.56 Å². The highest BCUT2D eigenvalue weighted by Crippen LogP contribution is 2.46. The van der Waals surface area contributed by atoms with E-state index in [1.54, 1.807) is 4.57 Å². The zero-order chi connectivity index (χ0) is 24.1. The molecular formula is C28H36N4O3. The Balaban J connectivity index is 1.35. The zero-order valence-electron chi connectivity index (χ0n) is 20.4. The maximum absolute atomic E-state index is 13.6. The fourth-order valence-electron chi connectivity index (χ4n) is 8.09. The lowest BCUT2D eigenvalue weighted by molar-refractivity contribution is -0.129. The molecule has 0 spiro atoms. The average Bonchev–Trinajstić information content (AvgIpc) is 3.01. The predicted octanol–water partition coefficient (Wildman–Crippen LogP) is 4.77. The number of hydrogen-bond acceptors (Lipinski definition) is 5. The molecule has 4 aliphatic rings. The molecule has 35 heavy (non-hydrogen) atoms.